The molecule has 1 heterocycles. The number of nitrogens with zero attached hydrogens (tertiary/aromatic N) is 3. The van der Waals surface area contributed by atoms with Crippen LogP contribution in [0.1, 0.15) is 18.3 Å². The Hall–Kier alpha value is -2.55. The summed E-state index contributed by atoms with van der Waals surface area (Å²) in [6.07, 6.45) is 0.761. The van der Waals surface area contributed by atoms with Crippen molar-refractivity contribution in [3.8, 4) is 5.69 Å². The van der Waals surface area contributed by atoms with Crippen LogP contribution in [0.3, 0.4) is 0 Å². The number of amides is 1. The fourth-order valence-corrected chi connectivity index (χ4v) is 5.43. The van der Waals surface area contributed by atoms with E-state index in [1.54, 1.807) is 11.8 Å². The normalized spacial score (nSPS) is 10.8. The molecule has 0 aliphatic carbocycles. The second-order valence-corrected chi connectivity index (χ2v) is 10.1. The summed E-state index contributed by atoms with van der Waals surface area (Å²) in [4.78, 5) is 13.8. The highest BCUT2D eigenvalue weighted by molar-refractivity contribution is 9.10. The molecule has 1 amide bonds. The van der Waals surface area contributed by atoms with Crippen molar-refractivity contribution in [2.45, 2.75) is 29.1 Å². The Labute approximate surface area is 210 Å². The first-order chi connectivity index (χ1) is 16.1. The molecule has 1 N–H and O–H groups in total. The van der Waals surface area contributed by atoms with Gasteiger partial charge < -0.3 is 5.32 Å². The average molecular weight is 540 g/mol. The second kappa shape index (κ2) is 11.5. The van der Waals surface area contributed by atoms with Gasteiger partial charge in [-0.25, -0.2) is 0 Å². The summed E-state index contributed by atoms with van der Waals surface area (Å²) >= 11 is 6.61. The summed E-state index contributed by atoms with van der Waals surface area (Å²) in [5, 5.41) is 12.4. The molecule has 0 spiro atoms. The Balaban J connectivity index is 1.41. The van der Waals surface area contributed by atoms with Crippen LogP contribution in [0.15, 0.2) is 93.4 Å². The number of carbonyl (C=O) groups excluding carboxylic acids is 1. The molecular weight excluding hydrogens is 516 g/mol. The molecule has 0 unspecified atom stereocenters. The molecule has 0 saturated carbocycles. The maximum Gasteiger partial charge on any atom is 0.234 e. The Morgan fingerprint density at radius 3 is 2.55 bits per heavy atom. The number of hydrogen-bond donors (Lipinski definition) is 1. The first kappa shape index (κ1) is 23.6. The quantitative estimate of drug-likeness (QED) is 0.243. The van der Waals surface area contributed by atoms with E-state index >= 15 is 0 Å². The molecule has 33 heavy (non-hydrogen) atoms. The number of halogens is 1. The Morgan fingerprint density at radius 1 is 0.970 bits per heavy atom. The lowest BCUT2D eigenvalue weighted by Crippen LogP contribution is -2.15. The molecular formula is C25H23BrN4OS2. The zero-order valence-electron chi connectivity index (χ0n) is 18.1. The molecule has 0 aliphatic rings. The van der Waals surface area contributed by atoms with Gasteiger partial charge in [0, 0.05) is 27.2 Å². The summed E-state index contributed by atoms with van der Waals surface area (Å²) in [5.41, 5.74) is 3.04. The van der Waals surface area contributed by atoms with E-state index in [2.05, 4.69) is 43.6 Å². The topological polar surface area (TPSA) is 59.8 Å². The van der Waals surface area contributed by atoms with Gasteiger partial charge in [0.2, 0.25) is 5.91 Å². The fourth-order valence-electron chi connectivity index (χ4n) is 3.26. The summed E-state index contributed by atoms with van der Waals surface area (Å²) < 4.78 is 3.08. The Kier molecular flexibility index (Phi) is 8.25. The van der Waals surface area contributed by atoms with Crippen molar-refractivity contribution < 1.29 is 4.79 Å². The maximum absolute atomic E-state index is 12.8. The number of anilines is 1. The van der Waals surface area contributed by atoms with Crippen LogP contribution in [-0.2, 0) is 17.0 Å². The predicted molar refractivity (Wildman–Crippen MR) is 140 cm³/mol. The lowest BCUT2D eigenvalue weighted by atomic mass is 10.2. The van der Waals surface area contributed by atoms with Gasteiger partial charge in [-0.2, -0.15) is 0 Å². The Morgan fingerprint density at radius 2 is 1.76 bits per heavy atom. The third kappa shape index (κ3) is 6.28. The minimum Gasteiger partial charge on any atom is -0.324 e. The monoisotopic (exact) mass is 538 g/mol. The molecule has 0 radical (unpaired) electrons. The van der Waals surface area contributed by atoms with E-state index in [-0.39, 0.29) is 11.7 Å². The first-order valence-electron chi connectivity index (χ1n) is 10.5. The largest absolute Gasteiger partial charge is 0.324 e. The summed E-state index contributed by atoms with van der Waals surface area (Å²) in [7, 11) is 0. The molecule has 0 saturated heterocycles. The molecule has 4 aromatic rings. The van der Waals surface area contributed by atoms with Crippen LogP contribution in [0.25, 0.3) is 5.69 Å². The van der Waals surface area contributed by atoms with E-state index in [1.807, 2.05) is 78.2 Å². The third-order valence-corrected chi connectivity index (χ3v) is 7.37. The third-order valence-electron chi connectivity index (χ3n) is 4.81. The van der Waals surface area contributed by atoms with Crippen molar-refractivity contribution in [1.82, 2.24) is 14.8 Å². The van der Waals surface area contributed by atoms with Gasteiger partial charge in [0.15, 0.2) is 5.16 Å². The van der Waals surface area contributed by atoms with Gasteiger partial charge in [-0.1, -0.05) is 77.1 Å². The van der Waals surface area contributed by atoms with Crippen LogP contribution in [0, 0.1) is 0 Å². The highest BCUT2D eigenvalue weighted by atomic mass is 79.9. The standard InChI is InChI=1S/C25H23BrN4OS2/c1-2-23-28-29-25(30(23)20-11-4-3-5-12-20)33-17-24(31)27-21-13-6-7-14-22(21)32-16-18-9-8-10-19(26)15-18/h3-15H,2,16-17H2,1H3,(H,27,31). The van der Waals surface area contributed by atoms with Gasteiger partial charge in [0.05, 0.1) is 11.4 Å². The molecule has 8 heteroatoms. The van der Waals surface area contributed by atoms with E-state index in [0.29, 0.717) is 5.16 Å². The Bertz CT molecular complexity index is 1230. The number of rotatable bonds is 9. The van der Waals surface area contributed by atoms with Crippen molar-refractivity contribution in [2.24, 2.45) is 0 Å². The molecule has 5 nitrogen and oxygen atoms in total. The minimum absolute atomic E-state index is 0.0730. The van der Waals surface area contributed by atoms with Gasteiger partial charge >= 0.3 is 0 Å². The van der Waals surface area contributed by atoms with E-state index in [0.717, 1.165) is 38.7 Å². The van der Waals surface area contributed by atoms with E-state index in [1.165, 1.54) is 17.3 Å². The highest BCUT2D eigenvalue weighted by Crippen LogP contribution is 2.31. The van der Waals surface area contributed by atoms with Crippen LogP contribution in [-0.4, -0.2) is 26.4 Å². The summed E-state index contributed by atoms with van der Waals surface area (Å²) in [6.45, 7) is 2.05. The molecule has 168 valence electrons. The van der Waals surface area contributed by atoms with Gasteiger partial charge in [0.25, 0.3) is 0 Å². The second-order valence-electron chi connectivity index (χ2n) is 7.17. The van der Waals surface area contributed by atoms with Crippen LogP contribution in [0.5, 0.6) is 0 Å². The molecule has 3 aromatic carbocycles. The van der Waals surface area contributed by atoms with Gasteiger partial charge in [-0.3, -0.25) is 9.36 Å². The van der Waals surface area contributed by atoms with Gasteiger partial charge in [0.1, 0.15) is 5.82 Å². The predicted octanol–water partition coefficient (Wildman–Crippen LogP) is 6.62. The SMILES string of the molecule is CCc1nnc(SCC(=O)Nc2ccccc2SCc2cccc(Br)c2)n1-c1ccccc1. The van der Waals surface area contributed by atoms with Crippen molar-refractivity contribution in [2.75, 3.05) is 11.1 Å². The minimum atomic E-state index is -0.0730. The molecule has 4 rings (SSSR count). The van der Waals surface area contributed by atoms with Crippen LogP contribution in [0.4, 0.5) is 5.69 Å². The van der Waals surface area contributed by atoms with Crippen LogP contribution >= 0.6 is 39.5 Å². The van der Waals surface area contributed by atoms with Crippen molar-refractivity contribution in [1.29, 1.82) is 0 Å². The van der Waals surface area contributed by atoms with Crippen molar-refractivity contribution in [3.63, 3.8) is 0 Å². The van der Waals surface area contributed by atoms with E-state index < -0.39 is 0 Å². The molecule has 0 aliphatic heterocycles. The van der Waals surface area contributed by atoms with Crippen LogP contribution < -0.4 is 5.32 Å². The summed E-state index contributed by atoms with van der Waals surface area (Å²) in [5.74, 6) is 1.87. The van der Waals surface area contributed by atoms with Crippen molar-refractivity contribution in [3.05, 3.63) is 94.7 Å². The fraction of sp³-hybridized carbons (Fsp3) is 0.160. The summed E-state index contributed by atoms with van der Waals surface area (Å²) in [6, 6.07) is 26.1. The van der Waals surface area contributed by atoms with Gasteiger partial charge in [-0.15, -0.1) is 22.0 Å². The first-order valence-corrected chi connectivity index (χ1v) is 13.3. The lowest BCUT2D eigenvalue weighted by Gasteiger charge is -2.12. The average Bonchev–Trinajstić information content (AvgIpc) is 3.26. The number of benzene rings is 3. The number of carbonyl (C=O) groups is 1. The molecule has 0 bridgehead atoms. The number of thioether (sulfide) groups is 2. The molecule has 1 aromatic heterocycles. The number of aromatic nitrogens is 3. The maximum atomic E-state index is 12.8. The molecule has 0 atom stereocenters. The van der Waals surface area contributed by atoms with Gasteiger partial charge in [-0.05, 0) is 42.0 Å². The van der Waals surface area contributed by atoms with E-state index in [9.17, 15) is 4.79 Å². The zero-order valence-corrected chi connectivity index (χ0v) is 21.3. The number of hydrogen-bond acceptors (Lipinski definition) is 5. The lowest BCUT2D eigenvalue weighted by molar-refractivity contribution is -0.113. The van der Waals surface area contributed by atoms with E-state index in [4.69, 9.17) is 0 Å². The number of para-hydroxylation sites is 2. The number of aryl methyl sites for hydroxylation is 1. The highest BCUT2D eigenvalue weighted by Gasteiger charge is 2.15. The zero-order chi connectivity index (χ0) is 23.0. The van der Waals surface area contributed by atoms with Crippen molar-refractivity contribution >= 4 is 51.0 Å². The molecule has 0 fully saturated rings. The van der Waals surface area contributed by atoms with Crippen LogP contribution in [0.2, 0.25) is 0 Å². The smallest absolute Gasteiger partial charge is 0.234 e. The number of nitrogens with one attached hydrogen (secondary N) is 1.